The lowest BCUT2D eigenvalue weighted by molar-refractivity contribution is -0.140. The fraction of sp³-hybridized carbons (Fsp3) is 0.190. The number of amidine groups is 1. The minimum absolute atomic E-state index is 0.0256. The molecule has 11 nitrogen and oxygen atoms in total. The maximum Gasteiger partial charge on any atom is 0.341 e. The molecule has 0 saturated heterocycles. The van der Waals surface area contributed by atoms with Gasteiger partial charge in [0.2, 0.25) is 0 Å². The van der Waals surface area contributed by atoms with Crippen LogP contribution in [0.15, 0.2) is 42.5 Å². The molecular formula is C21H21N3O8. The Kier molecular flexibility index (Phi) is 8.43. The average molecular weight is 443 g/mol. The SMILES string of the molecule is N=C(N)c1ccc(C(=O)CNCC(=O)c2ccc(OCC(=O)O)c(OCC(=O)O)c2)cc1. The van der Waals surface area contributed by atoms with Gasteiger partial charge in [-0.25, -0.2) is 9.59 Å². The Morgan fingerprint density at radius 3 is 1.78 bits per heavy atom. The first-order valence-electron chi connectivity index (χ1n) is 9.22. The third-order valence-electron chi connectivity index (χ3n) is 4.06. The molecule has 2 aromatic rings. The van der Waals surface area contributed by atoms with Crippen molar-refractivity contribution in [3.63, 3.8) is 0 Å². The number of hydrogen-bond acceptors (Lipinski definition) is 8. The van der Waals surface area contributed by atoms with Gasteiger partial charge in [-0.1, -0.05) is 24.3 Å². The van der Waals surface area contributed by atoms with Crippen molar-refractivity contribution in [3.05, 3.63) is 59.2 Å². The number of hydrogen-bond donors (Lipinski definition) is 5. The van der Waals surface area contributed by atoms with Gasteiger partial charge < -0.3 is 30.7 Å². The highest BCUT2D eigenvalue weighted by atomic mass is 16.5. The normalized spacial score (nSPS) is 10.2. The number of carboxylic acid groups (broad SMARTS) is 2. The van der Waals surface area contributed by atoms with Crippen molar-refractivity contribution in [2.45, 2.75) is 0 Å². The molecule has 0 radical (unpaired) electrons. The molecule has 32 heavy (non-hydrogen) atoms. The Bertz CT molecular complexity index is 1030. The van der Waals surface area contributed by atoms with E-state index in [1.807, 2.05) is 0 Å². The minimum atomic E-state index is -1.26. The second-order valence-electron chi connectivity index (χ2n) is 6.47. The minimum Gasteiger partial charge on any atom is -0.479 e. The summed E-state index contributed by atoms with van der Waals surface area (Å²) >= 11 is 0. The van der Waals surface area contributed by atoms with Gasteiger partial charge >= 0.3 is 11.9 Å². The molecule has 0 aromatic heterocycles. The van der Waals surface area contributed by atoms with E-state index in [-0.39, 0.29) is 41.8 Å². The van der Waals surface area contributed by atoms with Crippen LogP contribution in [0.5, 0.6) is 11.5 Å². The molecule has 0 spiro atoms. The van der Waals surface area contributed by atoms with E-state index in [4.69, 9.17) is 30.8 Å². The van der Waals surface area contributed by atoms with Crippen molar-refractivity contribution in [3.8, 4) is 11.5 Å². The van der Waals surface area contributed by atoms with E-state index >= 15 is 0 Å². The molecule has 0 fully saturated rings. The zero-order valence-corrected chi connectivity index (χ0v) is 16.8. The lowest BCUT2D eigenvalue weighted by atomic mass is 10.1. The standard InChI is InChI=1S/C21H21N3O8/c22-21(23)13-3-1-12(2-4-13)15(25)8-24-9-16(26)14-5-6-17(31-10-19(27)28)18(7-14)32-11-20(29)30/h1-7,24H,8-11H2,(H3,22,23)(H,27,28)(H,29,30). The first-order valence-corrected chi connectivity index (χ1v) is 9.22. The number of ketones is 2. The van der Waals surface area contributed by atoms with Crippen molar-refractivity contribution in [1.29, 1.82) is 5.41 Å². The second-order valence-corrected chi connectivity index (χ2v) is 6.47. The number of rotatable bonds is 13. The molecule has 0 aliphatic rings. The van der Waals surface area contributed by atoms with E-state index in [1.54, 1.807) is 12.1 Å². The number of ether oxygens (including phenoxy) is 2. The van der Waals surface area contributed by atoms with Crippen LogP contribution in [0.2, 0.25) is 0 Å². The summed E-state index contributed by atoms with van der Waals surface area (Å²) in [5.41, 5.74) is 6.40. The largest absolute Gasteiger partial charge is 0.479 e. The average Bonchev–Trinajstić information content (AvgIpc) is 2.76. The van der Waals surface area contributed by atoms with Gasteiger partial charge in [-0.15, -0.1) is 0 Å². The number of nitrogen functional groups attached to an aromatic ring is 1. The molecule has 0 atom stereocenters. The number of benzene rings is 2. The maximum atomic E-state index is 12.4. The fourth-order valence-electron chi connectivity index (χ4n) is 2.52. The van der Waals surface area contributed by atoms with E-state index < -0.39 is 30.9 Å². The number of Topliss-reactive ketones (excluding diaryl/α,β-unsaturated/α-hetero) is 2. The lowest BCUT2D eigenvalue weighted by Gasteiger charge is -2.12. The van der Waals surface area contributed by atoms with Crippen molar-refractivity contribution < 1.29 is 38.9 Å². The van der Waals surface area contributed by atoms with Gasteiger partial charge in [0.15, 0.2) is 36.3 Å². The first kappa shape index (κ1) is 24.0. The number of nitrogens with two attached hydrogens (primary N) is 1. The molecule has 0 saturated carbocycles. The highest BCUT2D eigenvalue weighted by Crippen LogP contribution is 2.28. The summed E-state index contributed by atoms with van der Waals surface area (Å²) in [7, 11) is 0. The molecule has 6 N–H and O–H groups in total. The third-order valence-corrected chi connectivity index (χ3v) is 4.06. The van der Waals surface area contributed by atoms with Crippen molar-refractivity contribution in [2.75, 3.05) is 26.3 Å². The predicted molar refractivity (Wildman–Crippen MR) is 112 cm³/mol. The zero-order valence-electron chi connectivity index (χ0n) is 16.8. The Morgan fingerprint density at radius 2 is 1.25 bits per heavy atom. The summed E-state index contributed by atoms with van der Waals surface area (Å²) in [6.45, 7) is -1.69. The Morgan fingerprint density at radius 1 is 0.781 bits per heavy atom. The van der Waals surface area contributed by atoms with E-state index in [0.29, 0.717) is 11.1 Å². The van der Waals surface area contributed by atoms with E-state index in [9.17, 15) is 19.2 Å². The van der Waals surface area contributed by atoms with Crippen LogP contribution >= 0.6 is 0 Å². The van der Waals surface area contributed by atoms with Crippen LogP contribution in [0.3, 0.4) is 0 Å². The number of carbonyl (C=O) groups excluding carboxylic acids is 2. The van der Waals surface area contributed by atoms with Crippen LogP contribution < -0.4 is 20.5 Å². The maximum absolute atomic E-state index is 12.4. The summed E-state index contributed by atoms with van der Waals surface area (Å²) in [5, 5.41) is 27.6. The number of nitrogens with one attached hydrogen (secondary N) is 2. The van der Waals surface area contributed by atoms with Gasteiger partial charge in [0.1, 0.15) is 5.84 Å². The molecule has 0 heterocycles. The topological polar surface area (TPSA) is 189 Å². The van der Waals surface area contributed by atoms with Crippen LogP contribution in [0, 0.1) is 5.41 Å². The first-order chi connectivity index (χ1) is 15.2. The van der Waals surface area contributed by atoms with Gasteiger partial charge in [-0.3, -0.25) is 15.0 Å². The van der Waals surface area contributed by atoms with Gasteiger partial charge in [0.05, 0.1) is 13.1 Å². The second kappa shape index (κ2) is 11.2. The van der Waals surface area contributed by atoms with E-state index in [0.717, 1.165) is 0 Å². The Labute approximate surface area is 182 Å². The molecule has 168 valence electrons. The molecular weight excluding hydrogens is 422 g/mol. The molecule has 0 bridgehead atoms. The van der Waals surface area contributed by atoms with Crippen LogP contribution in [0.4, 0.5) is 0 Å². The zero-order chi connectivity index (χ0) is 23.7. The molecule has 0 unspecified atom stereocenters. The van der Waals surface area contributed by atoms with Crippen LogP contribution in [0.25, 0.3) is 0 Å². The predicted octanol–water partition coefficient (Wildman–Crippen LogP) is 0.553. The van der Waals surface area contributed by atoms with Crippen molar-refractivity contribution >= 4 is 29.3 Å². The summed E-state index contributed by atoms with van der Waals surface area (Å²) in [6.07, 6.45) is 0. The molecule has 2 aromatic carbocycles. The third kappa shape index (κ3) is 7.22. The lowest BCUT2D eigenvalue weighted by Crippen LogP contribution is -2.28. The van der Waals surface area contributed by atoms with Crippen molar-refractivity contribution in [2.24, 2.45) is 5.73 Å². The van der Waals surface area contributed by atoms with Crippen molar-refractivity contribution in [1.82, 2.24) is 5.32 Å². The van der Waals surface area contributed by atoms with Gasteiger partial charge in [0.25, 0.3) is 0 Å². The van der Waals surface area contributed by atoms with Crippen LogP contribution in [0.1, 0.15) is 26.3 Å². The number of carboxylic acids is 2. The summed E-state index contributed by atoms with van der Waals surface area (Å²) in [6, 6.07) is 10.1. The fourth-order valence-corrected chi connectivity index (χ4v) is 2.52. The summed E-state index contributed by atoms with van der Waals surface area (Å²) in [5.74, 6) is -3.41. The smallest absolute Gasteiger partial charge is 0.341 e. The molecule has 0 aliphatic carbocycles. The Balaban J connectivity index is 1.99. The summed E-state index contributed by atoms with van der Waals surface area (Å²) < 4.78 is 10.1. The summed E-state index contributed by atoms with van der Waals surface area (Å²) in [4.78, 5) is 46.1. The number of aliphatic carboxylic acids is 2. The van der Waals surface area contributed by atoms with Gasteiger partial charge in [0, 0.05) is 16.7 Å². The quantitative estimate of drug-likeness (QED) is 0.166. The highest BCUT2D eigenvalue weighted by molar-refractivity contribution is 6.01. The molecule has 11 heteroatoms. The monoisotopic (exact) mass is 443 g/mol. The molecule has 0 aliphatic heterocycles. The highest BCUT2D eigenvalue weighted by Gasteiger charge is 2.15. The van der Waals surface area contributed by atoms with Gasteiger partial charge in [-0.05, 0) is 18.2 Å². The van der Waals surface area contributed by atoms with Gasteiger partial charge in [-0.2, -0.15) is 0 Å². The van der Waals surface area contributed by atoms with E-state index in [2.05, 4.69) is 5.32 Å². The van der Waals surface area contributed by atoms with Crippen LogP contribution in [-0.4, -0.2) is 65.9 Å². The molecule has 2 rings (SSSR count). The van der Waals surface area contributed by atoms with E-state index in [1.165, 1.54) is 30.3 Å². The number of carbonyl (C=O) groups is 4. The van der Waals surface area contributed by atoms with Crippen LogP contribution in [-0.2, 0) is 9.59 Å². The molecule has 0 amide bonds. The Hall–Kier alpha value is -4.25.